The molecular formula is C12H23N3O. The quantitative estimate of drug-likeness (QED) is 0.718. The molecule has 2 aliphatic rings. The molecule has 2 fully saturated rings. The lowest BCUT2D eigenvalue weighted by Crippen LogP contribution is -2.59. The van der Waals surface area contributed by atoms with Gasteiger partial charge in [0.1, 0.15) is 5.54 Å². The molecule has 0 aromatic heterocycles. The number of nitrogens with zero attached hydrogens (tertiary/aromatic N) is 1. The van der Waals surface area contributed by atoms with Gasteiger partial charge in [0.2, 0.25) is 5.91 Å². The van der Waals surface area contributed by atoms with Crippen molar-refractivity contribution in [2.45, 2.75) is 44.1 Å². The van der Waals surface area contributed by atoms with Crippen LogP contribution in [0.15, 0.2) is 0 Å². The number of amides is 1. The molecule has 1 amide bonds. The summed E-state index contributed by atoms with van der Waals surface area (Å²) < 4.78 is 0. The fourth-order valence-corrected chi connectivity index (χ4v) is 3.13. The average Bonchev–Trinajstić information content (AvgIpc) is 2.58. The number of nitrogens with two attached hydrogens (primary N) is 1. The van der Waals surface area contributed by atoms with Crippen LogP contribution in [0.4, 0.5) is 0 Å². The zero-order valence-corrected chi connectivity index (χ0v) is 10.0. The average molecular weight is 225 g/mol. The zero-order valence-electron chi connectivity index (χ0n) is 10.0. The molecule has 0 aromatic rings. The van der Waals surface area contributed by atoms with E-state index in [2.05, 4.69) is 10.2 Å². The number of carbonyl (C=O) groups is 1. The molecule has 0 spiro atoms. The van der Waals surface area contributed by atoms with Crippen molar-refractivity contribution in [1.82, 2.24) is 10.2 Å². The van der Waals surface area contributed by atoms with Gasteiger partial charge in [-0.2, -0.15) is 0 Å². The first-order valence-electron chi connectivity index (χ1n) is 6.51. The van der Waals surface area contributed by atoms with Crippen LogP contribution in [-0.4, -0.2) is 42.5 Å². The minimum Gasteiger partial charge on any atom is -0.368 e. The van der Waals surface area contributed by atoms with E-state index in [0.29, 0.717) is 0 Å². The molecule has 3 N–H and O–H groups in total. The van der Waals surface area contributed by atoms with Crippen LogP contribution in [0.2, 0.25) is 0 Å². The van der Waals surface area contributed by atoms with Gasteiger partial charge in [0, 0.05) is 19.6 Å². The Morgan fingerprint density at radius 3 is 2.50 bits per heavy atom. The first kappa shape index (κ1) is 11.9. The summed E-state index contributed by atoms with van der Waals surface area (Å²) in [6.45, 7) is 4.01. The molecule has 1 saturated heterocycles. The first-order chi connectivity index (χ1) is 7.76. The Morgan fingerprint density at radius 2 is 1.81 bits per heavy atom. The van der Waals surface area contributed by atoms with Gasteiger partial charge in [0.15, 0.2) is 0 Å². The minimum atomic E-state index is -0.329. The van der Waals surface area contributed by atoms with Crippen molar-refractivity contribution in [3.63, 3.8) is 0 Å². The molecule has 0 atom stereocenters. The van der Waals surface area contributed by atoms with Crippen molar-refractivity contribution in [3.8, 4) is 0 Å². The molecule has 0 unspecified atom stereocenters. The Kier molecular flexibility index (Phi) is 3.82. The van der Waals surface area contributed by atoms with Gasteiger partial charge in [-0.25, -0.2) is 0 Å². The second kappa shape index (κ2) is 5.15. The van der Waals surface area contributed by atoms with Crippen LogP contribution in [-0.2, 0) is 4.79 Å². The summed E-state index contributed by atoms with van der Waals surface area (Å²) in [5.74, 6) is -0.103. The smallest absolute Gasteiger partial charge is 0.237 e. The second-order valence-corrected chi connectivity index (χ2v) is 5.05. The van der Waals surface area contributed by atoms with Gasteiger partial charge < -0.3 is 11.1 Å². The highest BCUT2D eigenvalue weighted by Gasteiger charge is 2.42. The second-order valence-electron chi connectivity index (χ2n) is 5.05. The third-order valence-corrected chi connectivity index (χ3v) is 4.08. The molecule has 2 rings (SSSR count). The van der Waals surface area contributed by atoms with Gasteiger partial charge in [-0.3, -0.25) is 9.69 Å². The number of hydrogen-bond acceptors (Lipinski definition) is 3. The highest BCUT2D eigenvalue weighted by Crippen LogP contribution is 2.33. The summed E-state index contributed by atoms with van der Waals surface area (Å²) >= 11 is 0. The topological polar surface area (TPSA) is 58.4 Å². The predicted molar refractivity (Wildman–Crippen MR) is 64.1 cm³/mol. The Hall–Kier alpha value is -0.610. The van der Waals surface area contributed by atoms with E-state index in [9.17, 15) is 4.79 Å². The lowest BCUT2D eigenvalue weighted by Gasteiger charge is -2.43. The molecule has 0 bridgehead atoms. The van der Waals surface area contributed by atoms with Crippen molar-refractivity contribution in [3.05, 3.63) is 0 Å². The Balaban J connectivity index is 2.12. The maximum Gasteiger partial charge on any atom is 0.237 e. The monoisotopic (exact) mass is 225 g/mol. The van der Waals surface area contributed by atoms with Crippen LogP contribution in [0.25, 0.3) is 0 Å². The molecule has 16 heavy (non-hydrogen) atoms. The van der Waals surface area contributed by atoms with Gasteiger partial charge >= 0.3 is 0 Å². The van der Waals surface area contributed by atoms with Crippen molar-refractivity contribution in [2.24, 2.45) is 5.73 Å². The van der Waals surface area contributed by atoms with E-state index in [-0.39, 0.29) is 11.4 Å². The standard InChI is InChI=1S/C12H23N3O/c13-11(16)12(5-2-1-3-6-12)15-9-4-7-14-8-10-15/h14H,1-10H2,(H2,13,16). The molecule has 1 saturated carbocycles. The highest BCUT2D eigenvalue weighted by atomic mass is 16.1. The minimum absolute atomic E-state index is 0.103. The normalized spacial score (nSPS) is 27.2. The fraction of sp³-hybridized carbons (Fsp3) is 0.917. The Labute approximate surface area is 97.6 Å². The molecule has 92 valence electrons. The predicted octanol–water partition coefficient (Wildman–Crippen LogP) is 0.470. The SMILES string of the molecule is NC(=O)C1(N2CCCNCC2)CCCCC1. The summed E-state index contributed by atoms with van der Waals surface area (Å²) in [6, 6.07) is 0. The molecule has 1 aliphatic carbocycles. The Bertz CT molecular complexity index is 241. The van der Waals surface area contributed by atoms with Gasteiger partial charge in [-0.15, -0.1) is 0 Å². The third kappa shape index (κ3) is 2.23. The molecule has 4 nitrogen and oxygen atoms in total. The van der Waals surface area contributed by atoms with Crippen LogP contribution in [0.1, 0.15) is 38.5 Å². The maximum atomic E-state index is 11.8. The lowest BCUT2D eigenvalue weighted by atomic mass is 9.79. The number of carbonyl (C=O) groups excluding carboxylic acids is 1. The van der Waals surface area contributed by atoms with Gasteiger partial charge in [0.05, 0.1) is 0 Å². The van der Waals surface area contributed by atoms with Crippen LogP contribution in [0, 0.1) is 0 Å². The molecular weight excluding hydrogens is 202 g/mol. The lowest BCUT2D eigenvalue weighted by molar-refractivity contribution is -0.132. The third-order valence-electron chi connectivity index (χ3n) is 4.08. The summed E-state index contributed by atoms with van der Waals surface area (Å²) in [5, 5.41) is 3.38. The molecule has 1 aliphatic heterocycles. The Morgan fingerprint density at radius 1 is 1.06 bits per heavy atom. The van der Waals surface area contributed by atoms with Crippen molar-refractivity contribution < 1.29 is 4.79 Å². The van der Waals surface area contributed by atoms with Crippen molar-refractivity contribution in [1.29, 1.82) is 0 Å². The number of hydrogen-bond donors (Lipinski definition) is 2. The van der Waals surface area contributed by atoms with E-state index in [1.807, 2.05) is 0 Å². The van der Waals surface area contributed by atoms with Gasteiger partial charge in [-0.05, 0) is 25.8 Å². The maximum absolute atomic E-state index is 11.8. The van der Waals surface area contributed by atoms with Crippen LogP contribution >= 0.6 is 0 Å². The van der Waals surface area contributed by atoms with E-state index in [1.54, 1.807) is 0 Å². The van der Waals surface area contributed by atoms with E-state index in [1.165, 1.54) is 6.42 Å². The fourth-order valence-electron chi connectivity index (χ4n) is 3.13. The molecule has 4 heteroatoms. The molecule has 0 radical (unpaired) electrons. The first-order valence-corrected chi connectivity index (χ1v) is 6.51. The number of nitrogens with one attached hydrogen (secondary N) is 1. The zero-order chi connectivity index (χ0) is 11.4. The summed E-state index contributed by atoms with van der Waals surface area (Å²) in [7, 11) is 0. The summed E-state index contributed by atoms with van der Waals surface area (Å²) in [5.41, 5.74) is 5.35. The van der Waals surface area contributed by atoms with E-state index in [4.69, 9.17) is 5.73 Å². The van der Waals surface area contributed by atoms with Crippen molar-refractivity contribution >= 4 is 5.91 Å². The largest absolute Gasteiger partial charge is 0.368 e. The number of rotatable bonds is 2. The van der Waals surface area contributed by atoms with E-state index in [0.717, 1.165) is 58.3 Å². The van der Waals surface area contributed by atoms with Crippen LogP contribution < -0.4 is 11.1 Å². The van der Waals surface area contributed by atoms with Gasteiger partial charge in [0.25, 0.3) is 0 Å². The molecule has 1 heterocycles. The van der Waals surface area contributed by atoms with Gasteiger partial charge in [-0.1, -0.05) is 19.3 Å². The van der Waals surface area contributed by atoms with Crippen molar-refractivity contribution in [2.75, 3.05) is 26.2 Å². The summed E-state index contributed by atoms with van der Waals surface area (Å²) in [4.78, 5) is 14.2. The summed E-state index contributed by atoms with van der Waals surface area (Å²) in [6.07, 6.45) is 6.58. The van der Waals surface area contributed by atoms with E-state index < -0.39 is 0 Å². The highest BCUT2D eigenvalue weighted by molar-refractivity contribution is 5.84. The molecule has 0 aromatic carbocycles. The van der Waals surface area contributed by atoms with E-state index >= 15 is 0 Å². The van der Waals surface area contributed by atoms with Crippen LogP contribution in [0.5, 0.6) is 0 Å². The number of primary amides is 1. The van der Waals surface area contributed by atoms with Crippen LogP contribution in [0.3, 0.4) is 0 Å².